The number of non-ortho nitro benzene ring substituents is 1. The highest BCUT2D eigenvalue weighted by atomic mass is 16.6. The van der Waals surface area contributed by atoms with Crippen LogP contribution in [0.4, 0.5) is 17.2 Å². The first-order valence-corrected chi connectivity index (χ1v) is 7.72. The fraction of sp³-hybridized carbons (Fsp3) is 0.0588. The maximum absolute atomic E-state index is 12.3. The predicted molar refractivity (Wildman–Crippen MR) is 96.5 cm³/mol. The Morgan fingerprint density at radius 2 is 1.85 bits per heavy atom. The topological polar surface area (TPSA) is 144 Å². The predicted octanol–water partition coefficient (Wildman–Crippen LogP) is 3.45. The van der Waals surface area contributed by atoms with Crippen molar-refractivity contribution in [2.75, 3.05) is 5.32 Å². The summed E-state index contributed by atoms with van der Waals surface area (Å²) in [4.78, 5) is 33.0. The quantitative estimate of drug-likeness (QED) is 0.522. The summed E-state index contributed by atoms with van der Waals surface area (Å²) in [6, 6.07) is 11.6. The van der Waals surface area contributed by atoms with Crippen LogP contribution in [0.15, 0.2) is 48.5 Å². The van der Waals surface area contributed by atoms with Gasteiger partial charge >= 0.3 is 0 Å². The molecule has 2 aromatic carbocycles. The summed E-state index contributed by atoms with van der Waals surface area (Å²) >= 11 is 0. The molecule has 0 atom stereocenters. The number of carbonyl (C=O) groups excluding carboxylic acids is 1. The first-order chi connectivity index (χ1) is 12.8. The second kappa shape index (κ2) is 7.04. The number of H-pyrrole nitrogens is 1. The largest absolute Gasteiger partial charge is 0.305 e. The monoisotopic (exact) mass is 367 g/mol. The van der Waals surface area contributed by atoms with Gasteiger partial charge in [-0.15, -0.1) is 0 Å². The molecule has 1 aromatic heterocycles. The Morgan fingerprint density at radius 3 is 2.52 bits per heavy atom. The van der Waals surface area contributed by atoms with E-state index in [1.54, 1.807) is 19.1 Å². The van der Waals surface area contributed by atoms with Gasteiger partial charge in [0.25, 0.3) is 17.3 Å². The lowest BCUT2D eigenvalue weighted by molar-refractivity contribution is -0.385. The Morgan fingerprint density at radius 1 is 1.07 bits per heavy atom. The minimum absolute atomic E-state index is 0.0611. The molecule has 0 radical (unpaired) electrons. The Labute approximate surface area is 152 Å². The number of benzene rings is 2. The SMILES string of the molecule is Cc1cc(C(=O)Nc2cc(-c3cccc([N+](=O)[O-])c3)[nH]n2)ccc1[N+](=O)[O-]. The highest BCUT2D eigenvalue weighted by Crippen LogP contribution is 2.24. The van der Waals surface area contributed by atoms with Crippen molar-refractivity contribution in [2.45, 2.75) is 6.92 Å². The van der Waals surface area contributed by atoms with Crippen molar-refractivity contribution in [1.82, 2.24) is 10.2 Å². The molecule has 0 aliphatic heterocycles. The zero-order valence-electron chi connectivity index (χ0n) is 14.0. The van der Waals surface area contributed by atoms with Crippen LogP contribution in [0.25, 0.3) is 11.3 Å². The lowest BCUT2D eigenvalue weighted by Gasteiger charge is -2.03. The molecule has 2 N–H and O–H groups in total. The minimum atomic E-state index is -0.518. The van der Waals surface area contributed by atoms with Gasteiger partial charge in [-0.3, -0.25) is 30.1 Å². The van der Waals surface area contributed by atoms with E-state index >= 15 is 0 Å². The van der Waals surface area contributed by atoms with E-state index in [9.17, 15) is 25.0 Å². The third kappa shape index (κ3) is 3.79. The van der Waals surface area contributed by atoms with Gasteiger partial charge in [0, 0.05) is 41.0 Å². The van der Waals surface area contributed by atoms with Crippen molar-refractivity contribution >= 4 is 23.1 Å². The van der Waals surface area contributed by atoms with E-state index in [-0.39, 0.29) is 22.8 Å². The van der Waals surface area contributed by atoms with Gasteiger partial charge in [0.1, 0.15) is 0 Å². The summed E-state index contributed by atoms with van der Waals surface area (Å²) < 4.78 is 0. The molecule has 0 aliphatic rings. The number of nitro groups is 2. The zero-order valence-corrected chi connectivity index (χ0v) is 14.0. The Bertz CT molecular complexity index is 1060. The summed E-state index contributed by atoms with van der Waals surface area (Å²) in [7, 11) is 0. The zero-order chi connectivity index (χ0) is 19.6. The van der Waals surface area contributed by atoms with Crippen LogP contribution < -0.4 is 5.32 Å². The molecule has 0 unspecified atom stereocenters. The molecular formula is C17H13N5O5. The Hall–Kier alpha value is -4.08. The lowest BCUT2D eigenvalue weighted by atomic mass is 10.1. The number of aromatic nitrogens is 2. The molecule has 0 saturated heterocycles. The second-order valence-corrected chi connectivity index (χ2v) is 5.69. The van der Waals surface area contributed by atoms with Crippen molar-refractivity contribution in [3.05, 3.63) is 79.9 Å². The van der Waals surface area contributed by atoms with Crippen LogP contribution in [0, 0.1) is 27.2 Å². The smallest absolute Gasteiger partial charge is 0.272 e. The third-order valence-corrected chi connectivity index (χ3v) is 3.84. The standard InChI is InChI=1S/C17H13N5O5/c1-10-7-12(5-6-15(10)22(26)27)17(23)18-16-9-14(19-20-16)11-3-2-4-13(8-11)21(24)25/h2-9H,1H3,(H2,18,19,20,23). The Balaban J connectivity index is 1.79. The summed E-state index contributed by atoms with van der Waals surface area (Å²) in [6.45, 7) is 1.55. The highest BCUT2D eigenvalue weighted by molar-refractivity contribution is 6.04. The van der Waals surface area contributed by atoms with E-state index in [4.69, 9.17) is 0 Å². The molecule has 10 nitrogen and oxygen atoms in total. The number of hydrogen-bond acceptors (Lipinski definition) is 6. The summed E-state index contributed by atoms with van der Waals surface area (Å²) in [6.07, 6.45) is 0. The van der Waals surface area contributed by atoms with Crippen LogP contribution in [0.5, 0.6) is 0 Å². The normalized spacial score (nSPS) is 10.4. The van der Waals surface area contributed by atoms with Gasteiger partial charge in [-0.25, -0.2) is 0 Å². The molecule has 0 bridgehead atoms. The van der Waals surface area contributed by atoms with Crippen LogP contribution in [-0.2, 0) is 0 Å². The van der Waals surface area contributed by atoms with Crippen molar-refractivity contribution in [1.29, 1.82) is 0 Å². The van der Waals surface area contributed by atoms with Crippen molar-refractivity contribution in [2.24, 2.45) is 0 Å². The molecule has 10 heteroatoms. The van der Waals surface area contributed by atoms with Gasteiger partial charge in [-0.2, -0.15) is 5.10 Å². The molecule has 1 heterocycles. The molecule has 27 heavy (non-hydrogen) atoms. The number of carbonyl (C=O) groups is 1. The summed E-state index contributed by atoms with van der Waals surface area (Å²) in [5.74, 6) is -0.261. The summed E-state index contributed by atoms with van der Waals surface area (Å²) in [5, 5.41) is 31.0. The number of nitro benzene ring substituents is 2. The average Bonchev–Trinajstić information content (AvgIpc) is 3.10. The van der Waals surface area contributed by atoms with Crippen LogP contribution in [0.1, 0.15) is 15.9 Å². The van der Waals surface area contributed by atoms with Gasteiger partial charge < -0.3 is 5.32 Å². The summed E-state index contributed by atoms with van der Waals surface area (Å²) in [5.41, 5.74) is 1.52. The fourth-order valence-corrected chi connectivity index (χ4v) is 2.51. The van der Waals surface area contributed by atoms with E-state index in [0.29, 0.717) is 16.8 Å². The number of hydrogen-bond donors (Lipinski definition) is 2. The van der Waals surface area contributed by atoms with Crippen LogP contribution in [0.3, 0.4) is 0 Å². The van der Waals surface area contributed by atoms with E-state index < -0.39 is 15.8 Å². The van der Waals surface area contributed by atoms with Crippen LogP contribution >= 0.6 is 0 Å². The lowest BCUT2D eigenvalue weighted by Crippen LogP contribution is -2.12. The molecule has 0 fully saturated rings. The molecule has 0 aliphatic carbocycles. The van der Waals surface area contributed by atoms with Crippen molar-refractivity contribution in [3.63, 3.8) is 0 Å². The number of aryl methyl sites for hydroxylation is 1. The highest BCUT2D eigenvalue weighted by Gasteiger charge is 2.15. The third-order valence-electron chi connectivity index (χ3n) is 3.84. The molecule has 1 amide bonds. The van der Waals surface area contributed by atoms with Gasteiger partial charge in [-0.05, 0) is 19.1 Å². The number of aromatic amines is 1. The average molecular weight is 367 g/mol. The second-order valence-electron chi connectivity index (χ2n) is 5.69. The number of amides is 1. The van der Waals surface area contributed by atoms with Gasteiger partial charge in [0.05, 0.1) is 15.5 Å². The van der Waals surface area contributed by atoms with Gasteiger partial charge in [-0.1, -0.05) is 12.1 Å². The van der Waals surface area contributed by atoms with Crippen molar-refractivity contribution < 1.29 is 14.6 Å². The number of rotatable bonds is 5. The van der Waals surface area contributed by atoms with Crippen molar-refractivity contribution in [3.8, 4) is 11.3 Å². The van der Waals surface area contributed by atoms with Crippen LogP contribution in [0.2, 0.25) is 0 Å². The Kier molecular flexibility index (Phi) is 4.62. The molecule has 0 saturated carbocycles. The van der Waals surface area contributed by atoms with E-state index in [2.05, 4.69) is 15.5 Å². The maximum Gasteiger partial charge on any atom is 0.272 e. The van der Waals surface area contributed by atoms with E-state index in [1.807, 2.05) is 0 Å². The minimum Gasteiger partial charge on any atom is -0.305 e. The van der Waals surface area contributed by atoms with E-state index in [1.165, 1.54) is 36.4 Å². The number of nitrogens with zero attached hydrogens (tertiary/aromatic N) is 3. The fourth-order valence-electron chi connectivity index (χ4n) is 2.51. The molecule has 3 aromatic rings. The molecule has 136 valence electrons. The van der Waals surface area contributed by atoms with Gasteiger partial charge in [0.15, 0.2) is 5.82 Å². The maximum atomic E-state index is 12.3. The number of nitrogens with one attached hydrogen (secondary N) is 2. The molecule has 0 spiro atoms. The molecule has 3 rings (SSSR count). The first-order valence-electron chi connectivity index (χ1n) is 7.72. The van der Waals surface area contributed by atoms with E-state index in [0.717, 1.165) is 0 Å². The molecular weight excluding hydrogens is 354 g/mol. The van der Waals surface area contributed by atoms with Gasteiger partial charge in [0.2, 0.25) is 0 Å². The number of anilines is 1. The van der Waals surface area contributed by atoms with Crippen LogP contribution in [-0.4, -0.2) is 26.0 Å². The first kappa shape index (κ1) is 17.7.